The Morgan fingerprint density at radius 3 is 2.46 bits per heavy atom. The highest BCUT2D eigenvalue weighted by atomic mass is 35.5. The maximum atomic E-state index is 12.7. The Morgan fingerprint density at radius 2 is 1.79 bits per heavy atom. The molecule has 0 amide bonds. The van der Waals surface area contributed by atoms with E-state index in [9.17, 15) is 4.79 Å². The number of Topliss-reactive ketones (excluding diaryl/α,β-unsaturated/α-hetero) is 1. The van der Waals surface area contributed by atoms with Gasteiger partial charge in [-0.2, -0.15) is 0 Å². The lowest BCUT2D eigenvalue weighted by molar-refractivity contribution is -0.118. The molecule has 1 N–H and O–H groups in total. The van der Waals surface area contributed by atoms with Crippen molar-refractivity contribution in [3.8, 4) is 0 Å². The van der Waals surface area contributed by atoms with Crippen molar-refractivity contribution < 1.29 is 9.53 Å². The molecule has 1 aromatic rings. The minimum Gasteiger partial charge on any atom is -0.379 e. The first-order valence-electron chi connectivity index (χ1n) is 8.41. The second kappa shape index (κ2) is 8.15. The summed E-state index contributed by atoms with van der Waals surface area (Å²) < 4.78 is 5.41. The van der Waals surface area contributed by atoms with Gasteiger partial charge in [0.15, 0.2) is 5.78 Å². The number of ketones is 1. The Kier molecular flexibility index (Phi) is 6.44. The van der Waals surface area contributed by atoms with Crippen molar-refractivity contribution >= 4 is 23.9 Å². The zero-order valence-corrected chi connectivity index (χ0v) is 15.3. The number of allylic oxidation sites excluding steroid dienone is 1. The molecule has 0 bridgehead atoms. The molecule has 0 unspecified atom stereocenters. The summed E-state index contributed by atoms with van der Waals surface area (Å²) in [6, 6.07) is 10.1. The highest BCUT2D eigenvalue weighted by Crippen LogP contribution is 2.37. The number of hydrogen-bond donors (Lipinski definition) is 1. The molecule has 1 aliphatic carbocycles. The Balaban J connectivity index is 0.00000208. The van der Waals surface area contributed by atoms with E-state index in [1.165, 1.54) is 0 Å². The molecule has 0 spiro atoms. The Hall–Kier alpha value is -1.36. The molecule has 2 aliphatic rings. The van der Waals surface area contributed by atoms with Crippen molar-refractivity contribution in [1.82, 2.24) is 4.90 Å². The van der Waals surface area contributed by atoms with Crippen LogP contribution < -0.4 is 5.32 Å². The van der Waals surface area contributed by atoms with E-state index < -0.39 is 0 Å². The minimum atomic E-state index is 0. The summed E-state index contributed by atoms with van der Waals surface area (Å²) in [6.45, 7) is 8.39. The van der Waals surface area contributed by atoms with Crippen LogP contribution in [-0.4, -0.2) is 43.5 Å². The quantitative estimate of drug-likeness (QED) is 0.902. The highest BCUT2D eigenvalue weighted by molar-refractivity contribution is 5.98. The number of anilines is 1. The standard InChI is InChI=1S/C19H26N2O2.ClH/c1-19(2)12-17(20-15-6-4-3-5-7-15)16(18(22)13-19)14-21-8-10-23-11-9-21;/h3-7,20H,8-14H2,1-2H3;1H. The third kappa shape index (κ3) is 4.82. The van der Waals surface area contributed by atoms with Gasteiger partial charge >= 0.3 is 0 Å². The van der Waals surface area contributed by atoms with Crippen LogP contribution in [0.5, 0.6) is 0 Å². The van der Waals surface area contributed by atoms with Crippen molar-refractivity contribution in [1.29, 1.82) is 0 Å². The van der Waals surface area contributed by atoms with Gasteiger partial charge in [0.2, 0.25) is 0 Å². The van der Waals surface area contributed by atoms with Crippen LogP contribution in [0.4, 0.5) is 5.69 Å². The molecule has 1 fully saturated rings. The number of ether oxygens (including phenoxy) is 1. The second-order valence-corrected chi connectivity index (χ2v) is 7.28. The third-order valence-electron chi connectivity index (χ3n) is 4.55. The number of hydrogen-bond acceptors (Lipinski definition) is 4. The van der Waals surface area contributed by atoms with Crippen LogP contribution >= 0.6 is 12.4 Å². The predicted octanol–water partition coefficient (Wildman–Crippen LogP) is 3.50. The Labute approximate surface area is 150 Å². The van der Waals surface area contributed by atoms with Gasteiger partial charge in [-0.3, -0.25) is 9.69 Å². The zero-order chi connectivity index (χ0) is 16.3. The van der Waals surface area contributed by atoms with Crippen molar-refractivity contribution in [2.45, 2.75) is 26.7 Å². The summed E-state index contributed by atoms with van der Waals surface area (Å²) in [6.07, 6.45) is 1.54. The molecule has 1 heterocycles. The van der Waals surface area contributed by atoms with Crippen LogP contribution in [0.25, 0.3) is 0 Å². The first-order valence-corrected chi connectivity index (χ1v) is 8.41. The van der Waals surface area contributed by atoms with Gasteiger partial charge in [0, 0.05) is 43.0 Å². The van der Waals surface area contributed by atoms with Gasteiger partial charge in [0.1, 0.15) is 0 Å². The van der Waals surface area contributed by atoms with Crippen LogP contribution in [0.2, 0.25) is 0 Å². The number of nitrogens with one attached hydrogen (secondary N) is 1. The van der Waals surface area contributed by atoms with Gasteiger partial charge in [-0.05, 0) is 24.0 Å². The summed E-state index contributed by atoms with van der Waals surface area (Å²) in [5.74, 6) is 0.283. The fraction of sp³-hybridized carbons (Fsp3) is 0.526. The molecule has 0 aromatic heterocycles. The minimum absolute atomic E-state index is 0. The second-order valence-electron chi connectivity index (χ2n) is 7.28. The average molecular weight is 351 g/mol. The summed E-state index contributed by atoms with van der Waals surface area (Å²) in [4.78, 5) is 15.0. The van der Waals surface area contributed by atoms with Gasteiger partial charge in [-0.1, -0.05) is 32.0 Å². The van der Waals surface area contributed by atoms with Gasteiger partial charge in [0.05, 0.1) is 13.2 Å². The molecule has 24 heavy (non-hydrogen) atoms. The fourth-order valence-electron chi connectivity index (χ4n) is 3.34. The number of carbonyl (C=O) groups excluding carboxylic acids is 1. The molecular formula is C19H27ClN2O2. The third-order valence-corrected chi connectivity index (χ3v) is 4.55. The number of carbonyl (C=O) groups is 1. The average Bonchev–Trinajstić information content (AvgIpc) is 2.52. The summed E-state index contributed by atoms with van der Waals surface area (Å²) in [5, 5.41) is 3.51. The van der Waals surface area contributed by atoms with Crippen LogP contribution in [0, 0.1) is 5.41 Å². The monoisotopic (exact) mass is 350 g/mol. The number of nitrogens with zero attached hydrogens (tertiary/aromatic N) is 1. The van der Waals surface area contributed by atoms with E-state index >= 15 is 0 Å². The molecule has 1 aromatic carbocycles. The lowest BCUT2D eigenvalue weighted by Crippen LogP contribution is -2.40. The fourth-order valence-corrected chi connectivity index (χ4v) is 3.34. The number of para-hydroxylation sites is 1. The van der Waals surface area contributed by atoms with E-state index in [2.05, 4.69) is 24.1 Å². The highest BCUT2D eigenvalue weighted by Gasteiger charge is 2.33. The molecule has 4 nitrogen and oxygen atoms in total. The van der Waals surface area contributed by atoms with E-state index in [1.807, 2.05) is 30.3 Å². The van der Waals surface area contributed by atoms with Crippen LogP contribution in [0.1, 0.15) is 26.7 Å². The maximum Gasteiger partial charge on any atom is 0.162 e. The van der Waals surface area contributed by atoms with Crippen LogP contribution in [0.3, 0.4) is 0 Å². The Bertz CT molecular complexity index is 593. The van der Waals surface area contributed by atoms with Crippen LogP contribution in [0.15, 0.2) is 41.6 Å². The summed E-state index contributed by atoms with van der Waals surface area (Å²) >= 11 is 0. The molecule has 132 valence electrons. The largest absolute Gasteiger partial charge is 0.379 e. The predicted molar refractivity (Wildman–Crippen MR) is 99.6 cm³/mol. The summed E-state index contributed by atoms with van der Waals surface area (Å²) in [5.41, 5.74) is 3.11. The lowest BCUT2D eigenvalue weighted by atomic mass is 9.75. The molecule has 0 atom stereocenters. The molecule has 0 saturated carbocycles. The first-order chi connectivity index (χ1) is 11.0. The van der Waals surface area contributed by atoms with Gasteiger partial charge in [-0.15, -0.1) is 12.4 Å². The molecule has 5 heteroatoms. The molecule has 0 radical (unpaired) electrons. The maximum absolute atomic E-state index is 12.7. The van der Waals surface area contributed by atoms with E-state index in [4.69, 9.17) is 4.74 Å². The van der Waals surface area contributed by atoms with E-state index in [1.54, 1.807) is 0 Å². The number of benzene rings is 1. The smallest absolute Gasteiger partial charge is 0.162 e. The molecule has 1 aliphatic heterocycles. The van der Waals surface area contributed by atoms with Gasteiger partial charge in [0.25, 0.3) is 0 Å². The molecule has 3 rings (SSSR count). The van der Waals surface area contributed by atoms with Gasteiger partial charge < -0.3 is 10.1 Å². The zero-order valence-electron chi connectivity index (χ0n) is 14.5. The normalized spacial score (nSPS) is 21.3. The topological polar surface area (TPSA) is 41.6 Å². The van der Waals surface area contributed by atoms with Gasteiger partial charge in [-0.25, -0.2) is 0 Å². The number of morpholine rings is 1. The van der Waals surface area contributed by atoms with E-state index in [0.29, 0.717) is 6.42 Å². The SMILES string of the molecule is CC1(C)CC(=O)C(CN2CCOCC2)=C(Nc2ccccc2)C1.Cl. The molecular weight excluding hydrogens is 324 g/mol. The van der Waals surface area contributed by atoms with Crippen molar-refractivity contribution in [2.75, 3.05) is 38.2 Å². The lowest BCUT2D eigenvalue weighted by Gasteiger charge is -2.35. The molecule has 1 saturated heterocycles. The first kappa shape index (κ1) is 19.0. The number of halogens is 1. The van der Waals surface area contributed by atoms with Crippen molar-refractivity contribution in [3.05, 3.63) is 41.6 Å². The summed E-state index contributed by atoms with van der Waals surface area (Å²) in [7, 11) is 0. The number of rotatable bonds is 4. The van der Waals surface area contributed by atoms with E-state index in [-0.39, 0.29) is 23.6 Å². The van der Waals surface area contributed by atoms with Crippen molar-refractivity contribution in [2.24, 2.45) is 5.41 Å². The van der Waals surface area contributed by atoms with E-state index in [0.717, 1.165) is 56.2 Å². The van der Waals surface area contributed by atoms with Crippen LogP contribution in [-0.2, 0) is 9.53 Å². The Morgan fingerprint density at radius 1 is 1.12 bits per heavy atom. The van der Waals surface area contributed by atoms with Crippen molar-refractivity contribution in [3.63, 3.8) is 0 Å².